The number of carbonyl (C=O) groups excluding carboxylic acids is 1. The maximum absolute atomic E-state index is 10.7. The average molecular weight is 254 g/mol. The van der Waals surface area contributed by atoms with E-state index in [1.807, 2.05) is 25.1 Å². The predicted molar refractivity (Wildman–Crippen MR) is 75.3 cm³/mol. The van der Waals surface area contributed by atoms with E-state index < -0.39 is 0 Å². The topological polar surface area (TPSA) is 57.5 Å². The third-order valence-corrected chi connectivity index (χ3v) is 2.80. The van der Waals surface area contributed by atoms with Crippen LogP contribution in [-0.4, -0.2) is 16.5 Å². The lowest BCUT2D eigenvalue weighted by molar-refractivity contribution is 0.112. The summed E-state index contributed by atoms with van der Waals surface area (Å²) in [6, 6.07) is 10.0. The van der Waals surface area contributed by atoms with Gasteiger partial charge in [0.15, 0.2) is 0 Å². The fourth-order valence-electron chi connectivity index (χ4n) is 1.75. The lowest BCUT2D eigenvalue weighted by Gasteiger charge is -2.01. The van der Waals surface area contributed by atoms with Crippen molar-refractivity contribution in [3.63, 3.8) is 0 Å². The summed E-state index contributed by atoms with van der Waals surface area (Å²) >= 11 is 0. The highest BCUT2D eigenvalue weighted by Gasteiger charge is 1.98. The highest BCUT2D eigenvalue weighted by Crippen LogP contribution is 2.20. The van der Waals surface area contributed by atoms with Gasteiger partial charge in [0, 0.05) is 5.56 Å². The molecule has 3 heteroatoms. The summed E-state index contributed by atoms with van der Waals surface area (Å²) in [4.78, 5) is 10.7. The minimum absolute atomic E-state index is 0.0519. The lowest BCUT2D eigenvalue weighted by atomic mass is 10.1. The average Bonchev–Trinajstić information content (AvgIpc) is 2.39. The van der Waals surface area contributed by atoms with E-state index in [9.17, 15) is 15.0 Å². The van der Waals surface area contributed by atoms with Gasteiger partial charge < -0.3 is 10.2 Å². The first kappa shape index (κ1) is 12.9. The highest BCUT2D eigenvalue weighted by molar-refractivity contribution is 5.79. The quantitative estimate of drug-likeness (QED) is 0.652. The molecule has 2 aromatic carbocycles. The molecule has 0 fully saturated rings. The summed E-state index contributed by atoms with van der Waals surface area (Å²) < 4.78 is 0. The Bertz CT molecular complexity index is 642. The van der Waals surface area contributed by atoms with Crippen LogP contribution in [0.1, 0.15) is 27.0 Å². The van der Waals surface area contributed by atoms with Gasteiger partial charge in [-0.3, -0.25) is 4.79 Å². The number of phenols is 2. The number of carbonyl (C=O) groups is 1. The second-order valence-electron chi connectivity index (χ2n) is 4.35. The van der Waals surface area contributed by atoms with Gasteiger partial charge >= 0.3 is 0 Å². The SMILES string of the molecule is Cc1ccc(C=Cc2cc(O)cc(C=O)c2)cc1O. The Hall–Kier alpha value is -2.55. The molecule has 0 aromatic heterocycles. The summed E-state index contributed by atoms with van der Waals surface area (Å²) in [6.45, 7) is 1.83. The largest absolute Gasteiger partial charge is 0.508 e. The molecular weight excluding hydrogens is 240 g/mol. The Morgan fingerprint density at radius 2 is 1.58 bits per heavy atom. The van der Waals surface area contributed by atoms with Gasteiger partial charge in [-0.1, -0.05) is 24.3 Å². The number of aromatic hydroxyl groups is 2. The summed E-state index contributed by atoms with van der Waals surface area (Å²) in [7, 11) is 0. The summed E-state index contributed by atoms with van der Waals surface area (Å²) in [5.74, 6) is 0.294. The van der Waals surface area contributed by atoms with Gasteiger partial charge in [0.2, 0.25) is 0 Å². The van der Waals surface area contributed by atoms with E-state index in [0.717, 1.165) is 16.7 Å². The minimum Gasteiger partial charge on any atom is -0.508 e. The summed E-state index contributed by atoms with van der Waals surface area (Å²) in [6.07, 6.45) is 4.27. The van der Waals surface area contributed by atoms with E-state index in [0.29, 0.717) is 11.8 Å². The van der Waals surface area contributed by atoms with E-state index in [1.54, 1.807) is 24.3 Å². The molecule has 0 amide bonds. The number of rotatable bonds is 3. The molecule has 96 valence electrons. The number of aldehydes is 1. The highest BCUT2D eigenvalue weighted by atomic mass is 16.3. The first-order chi connectivity index (χ1) is 9.08. The predicted octanol–water partition coefficient (Wildman–Crippen LogP) is 3.39. The second kappa shape index (κ2) is 5.40. The number of hydrogen-bond acceptors (Lipinski definition) is 3. The fraction of sp³-hybridized carbons (Fsp3) is 0.0625. The van der Waals surface area contributed by atoms with Crippen LogP contribution in [-0.2, 0) is 0 Å². The van der Waals surface area contributed by atoms with E-state index in [2.05, 4.69) is 0 Å². The molecule has 0 saturated heterocycles. The van der Waals surface area contributed by atoms with Gasteiger partial charge in [-0.05, 0) is 47.9 Å². The van der Waals surface area contributed by atoms with Gasteiger partial charge in [-0.25, -0.2) is 0 Å². The summed E-state index contributed by atoms with van der Waals surface area (Å²) in [5, 5.41) is 19.1. The molecule has 0 radical (unpaired) electrons. The van der Waals surface area contributed by atoms with Gasteiger partial charge in [0.05, 0.1) is 0 Å². The van der Waals surface area contributed by atoms with Gasteiger partial charge in [0.1, 0.15) is 17.8 Å². The van der Waals surface area contributed by atoms with Crippen molar-refractivity contribution >= 4 is 18.4 Å². The molecule has 0 aliphatic carbocycles. The van der Waals surface area contributed by atoms with E-state index >= 15 is 0 Å². The van der Waals surface area contributed by atoms with Gasteiger partial charge in [-0.2, -0.15) is 0 Å². The number of phenolic OH excluding ortho intramolecular Hbond substituents is 2. The van der Waals surface area contributed by atoms with Crippen LogP contribution in [0.4, 0.5) is 0 Å². The molecule has 0 unspecified atom stereocenters. The zero-order valence-electron chi connectivity index (χ0n) is 10.5. The Balaban J connectivity index is 2.29. The molecule has 2 aromatic rings. The lowest BCUT2D eigenvalue weighted by Crippen LogP contribution is -1.82. The first-order valence-corrected chi connectivity index (χ1v) is 5.85. The number of benzene rings is 2. The number of hydrogen-bond donors (Lipinski definition) is 2. The molecule has 0 saturated carbocycles. The first-order valence-electron chi connectivity index (χ1n) is 5.85. The van der Waals surface area contributed by atoms with Crippen molar-refractivity contribution in [2.24, 2.45) is 0 Å². The van der Waals surface area contributed by atoms with Crippen molar-refractivity contribution < 1.29 is 15.0 Å². The van der Waals surface area contributed by atoms with E-state index in [4.69, 9.17) is 0 Å². The van der Waals surface area contributed by atoms with E-state index in [-0.39, 0.29) is 11.5 Å². The molecule has 2 N–H and O–H groups in total. The Morgan fingerprint density at radius 3 is 2.26 bits per heavy atom. The molecule has 0 bridgehead atoms. The zero-order valence-corrected chi connectivity index (χ0v) is 10.5. The van der Waals surface area contributed by atoms with Crippen LogP contribution >= 0.6 is 0 Å². The minimum atomic E-state index is 0.0519. The normalized spacial score (nSPS) is 10.8. The molecule has 0 heterocycles. The van der Waals surface area contributed by atoms with Crippen LogP contribution in [0.15, 0.2) is 36.4 Å². The van der Waals surface area contributed by atoms with Crippen LogP contribution in [0.25, 0.3) is 12.2 Å². The van der Waals surface area contributed by atoms with Crippen molar-refractivity contribution in [2.75, 3.05) is 0 Å². The molecule has 0 aliphatic rings. The zero-order chi connectivity index (χ0) is 13.8. The van der Waals surface area contributed by atoms with Crippen molar-refractivity contribution in [3.05, 3.63) is 58.7 Å². The second-order valence-corrected chi connectivity index (χ2v) is 4.35. The van der Waals surface area contributed by atoms with Crippen molar-refractivity contribution in [1.82, 2.24) is 0 Å². The molecule has 0 atom stereocenters. The molecular formula is C16H14O3. The fourth-order valence-corrected chi connectivity index (χ4v) is 1.75. The van der Waals surface area contributed by atoms with Gasteiger partial charge in [0.25, 0.3) is 0 Å². The van der Waals surface area contributed by atoms with Crippen LogP contribution < -0.4 is 0 Å². The van der Waals surface area contributed by atoms with Crippen LogP contribution in [0.5, 0.6) is 11.5 Å². The maximum Gasteiger partial charge on any atom is 0.150 e. The molecule has 3 nitrogen and oxygen atoms in total. The van der Waals surface area contributed by atoms with E-state index in [1.165, 1.54) is 6.07 Å². The molecule has 2 rings (SSSR count). The molecule has 19 heavy (non-hydrogen) atoms. The monoisotopic (exact) mass is 254 g/mol. The summed E-state index contributed by atoms with van der Waals surface area (Å²) in [5.41, 5.74) is 2.81. The van der Waals surface area contributed by atoms with Crippen molar-refractivity contribution in [2.45, 2.75) is 6.92 Å². The van der Waals surface area contributed by atoms with Crippen molar-refractivity contribution in [3.8, 4) is 11.5 Å². The third-order valence-electron chi connectivity index (χ3n) is 2.80. The Morgan fingerprint density at radius 1 is 0.895 bits per heavy atom. The van der Waals surface area contributed by atoms with Crippen LogP contribution in [0, 0.1) is 6.92 Å². The van der Waals surface area contributed by atoms with Crippen LogP contribution in [0.3, 0.4) is 0 Å². The standard InChI is InChI=1S/C16H14O3/c1-11-2-3-12(9-16(11)19)4-5-13-6-14(10-17)8-15(18)7-13/h2-10,18-19H,1H3. The number of aryl methyl sites for hydroxylation is 1. The van der Waals surface area contributed by atoms with Gasteiger partial charge in [-0.15, -0.1) is 0 Å². The maximum atomic E-state index is 10.7. The molecule has 0 spiro atoms. The Labute approximate surface area is 111 Å². The smallest absolute Gasteiger partial charge is 0.150 e. The Kier molecular flexibility index (Phi) is 3.66. The third kappa shape index (κ3) is 3.22. The van der Waals surface area contributed by atoms with Crippen LogP contribution in [0.2, 0.25) is 0 Å². The molecule has 0 aliphatic heterocycles. The van der Waals surface area contributed by atoms with Crippen molar-refractivity contribution in [1.29, 1.82) is 0 Å².